The molecule has 1 N–H and O–H groups in total. The van der Waals surface area contributed by atoms with Gasteiger partial charge in [0.25, 0.3) is 0 Å². The second kappa shape index (κ2) is 18.0. The van der Waals surface area contributed by atoms with E-state index in [2.05, 4.69) is 4.72 Å². The smallest absolute Gasteiger partial charge is 0.303 e. The Morgan fingerprint density at radius 1 is 0.982 bits per heavy atom. The maximum Gasteiger partial charge on any atom is 0.303 e. The minimum atomic E-state index is -3.25. The van der Waals surface area contributed by atoms with Gasteiger partial charge in [-0.05, 0) is 98.9 Å². The van der Waals surface area contributed by atoms with Crippen LogP contribution in [0.4, 0.5) is 10.1 Å². The molecule has 5 rings (SSSR count). The minimum absolute atomic E-state index is 0.0551. The number of carbonyl (C=O) groups is 3. The first kappa shape index (κ1) is 41.7. The van der Waals surface area contributed by atoms with E-state index >= 15 is 0 Å². The number of β-lactam (4-membered cyclic amide) rings is 1. The molecule has 0 aliphatic carbocycles. The third-order valence-corrected chi connectivity index (χ3v) is 10.5. The molecule has 0 aromatic heterocycles. The molecule has 55 heavy (non-hydrogen) atoms. The van der Waals surface area contributed by atoms with E-state index in [-0.39, 0.29) is 31.1 Å². The number of hydrogen-bond acceptors (Lipinski definition) is 9. The lowest BCUT2D eigenvalue weighted by Crippen LogP contribution is -2.55. The first-order valence-electron chi connectivity index (χ1n) is 18.6. The van der Waals surface area contributed by atoms with Gasteiger partial charge in [-0.1, -0.05) is 60.7 Å². The maximum absolute atomic E-state index is 13.9. The van der Waals surface area contributed by atoms with Gasteiger partial charge < -0.3 is 23.8 Å². The van der Waals surface area contributed by atoms with Crippen molar-refractivity contribution in [2.45, 2.75) is 89.8 Å². The summed E-state index contributed by atoms with van der Waals surface area (Å²) in [5.74, 6) is -2.44. The lowest BCUT2D eigenvalue weighted by atomic mass is 9.78. The Labute approximate surface area is 323 Å². The summed E-state index contributed by atoms with van der Waals surface area (Å²) < 4.78 is 61.9. The van der Waals surface area contributed by atoms with Gasteiger partial charge in [0, 0.05) is 26.1 Å². The van der Waals surface area contributed by atoms with Crippen LogP contribution < -0.4 is 9.62 Å². The van der Waals surface area contributed by atoms with Crippen molar-refractivity contribution in [1.82, 2.24) is 4.72 Å². The third kappa shape index (κ3) is 11.8. The highest BCUT2D eigenvalue weighted by Crippen LogP contribution is 2.47. The van der Waals surface area contributed by atoms with Gasteiger partial charge in [0.2, 0.25) is 15.9 Å². The third-order valence-electron chi connectivity index (χ3n) is 9.81. The Morgan fingerprint density at radius 3 is 2.24 bits per heavy atom. The predicted octanol–water partition coefficient (Wildman–Crippen LogP) is 6.97. The number of ether oxygens (including phenoxy) is 4. The molecule has 1 amide bonds. The molecule has 2 saturated heterocycles. The van der Waals surface area contributed by atoms with Gasteiger partial charge in [-0.3, -0.25) is 14.4 Å². The van der Waals surface area contributed by atoms with Crippen LogP contribution in [-0.2, 0) is 49.8 Å². The number of amides is 1. The highest BCUT2D eigenvalue weighted by atomic mass is 32.2. The molecule has 3 atom stereocenters. The summed E-state index contributed by atoms with van der Waals surface area (Å²) in [6.45, 7) is 7.19. The highest BCUT2D eigenvalue weighted by Gasteiger charge is 2.48. The quantitative estimate of drug-likeness (QED) is 0.0875. The first-order valence-corrected chi connectivity index (χ1v) is 20.5. The molecular weight excluding hydrogens is 728 g/mol. The monoisotopic (exact) mass is 778 g/mol. The van der Waals surface area contributed by atoms with E-state index < -0.39 is 45.2 Å². The number of hydrogen-bond donors (Lipinski definition) is 1. The second-order valence-electron chi connectivity index (χ2n) is 14.8. The van der Waals surface area contributed by atoms with Crippen molar-refractivity contribution < 1.29 is 46.1 Å². The fourth-order valence-corrected chi connectivity index (χ4v) is 7.51. The van der Waals surface area contributed by atoms with E-state index in [1.165, 1.54) is 26.0 Å². The molecule has 0 radical (unpaired) electrons. The fourth-order valence-electron chi connectivity index (χ4n) is 7.00. The van der Waals surface area contributed by atoms with Gasteiger partial charge in [0.15, 0.2) is 11.4 Å². The van der Waals surface area contributed by atoms with Gasteiger partial charge in [0.1, 0.15) is 11.9 Å². The summed E-state index contributed by atoms with van der Waals surface area (Å²) in [6.07, 6.45) is 7.76. The van der Waals surface area contributed by atoms with E-state index in [9.17, 15) is 27.2 Å². The molecular formula is C42H51FN2O9S. The largest absolute Gasteiger partial charge is 0.458 e. The molecule has 0 spiro atoms. The standard InChI is InChI=1S/C42H51FN2O9S/c1-29(46)53-38(33-17-19-35(43)20-18-33)24-23-37-39(45(40(37)48)36-21-13-32(14-22-36)10-8-26-44-55(5,49)50)34-15-11-31(12-16-34)9-6-7-25-42(54-30(2)47)27-51-41(3,4)52-28-42/h6,9,11-22,37-39,44H,7-8,10,23-28H2,1-5H3/t37?,38-,39?/m0/s1. The number of carbonyl (C=O) groups excluding carboxylic acids is 3. The summed E-state index contributed by atoms with van der Waals surface area (Å²) >= 11 is 0. The number of anilines is 1. The van der Waals surface area contributed by atoms with Crippen molar-refractivity contribution in [2.75, 3.05) is 30.9 Å². The normalized spacial score (nSPS) is 19.8. The number of nitrogens with zero attached hydrogens (tertiary/aromatic N) is 1. The Kier molecular flexibility index (Phi) is 13.7. The molecule has 2 aliphatic rings. The van der Waals surface area contributed by atoms with E-state index in [0.29, 0.717) is 50.6 Å². The minimum Gasteiger partial charge on any atom is -0.458 e. The van der Waals surface area contributed by atoms with Crippen LogP contribution in [0.2, 0.25) is 0 Å². The van der Waals surface area contributed by atoms with Crippen LogP contribution >= 0.6 is 0 Å². The van der Waals surface area contributed by atoms with Crippen LogP contribution in [0.5, 0.6) is 0 Å². The molecule has 0 bridgehead atoms. The zero-order chi connectivity index (χ0) is 39.8. The zero-order valence-corrected chi connectivity index (χ0v) is 32.9. The van der Waals surface area contributed by atoms with E-state index in [1.807, 2.05) is 74.5 Å². The van der Waals surface area contributed by atoms with Crippen LogP contribution in [0, 0.1) is 11.7 Å². The molecule has 3 aromatic carbocycles. The summed E-state index contributed by atoms with van der Waals surface area (Å²) in [4.78, 5) is 39.6. The number of sulfonamides is 1. The Balaban J connectivity index is 1.31. The molecule has 296 valence electrons. The highest BCUT2D eigenvalue weighted by molar-refractivity contribution is 7.88. The van der Waals surface area contributed by atoms with Gasteiger partial charge in [-0.15, -0.1) is 0 Å². The van der Waals surface area contributed by atoms with Crippen LogP contribution in [-0.4, -0.2) is 63.7 Å². The van der Waals surface area contributed by atoms with Crippen molar-refractivity contribution in [3.8, 4) is 0 Å². The van der Waals surface area contributed by atoms with Gasteiger partial charge in [-0.2, -0.15) is 0 Å². The number of rotatable bonds is 17. The lowest BCUT2D eigenvalue weighted by molar-refractivity contribution is -0.305. The number of halogens is 1. The zero-order valence-electron chi connectivity index (χ0n) is 32.1. The number of esters is 2. The van der Waals surface area contributed by atoms with Crippen LogP contribution in [0.1, 0.15) is 94.2 Å². The van der Waals surface area contributed by atoms with Crippen molar-refractivity contribution in [1.29, 1.82) is 0 Å². The summed E-state index contributed by atoms with van der Waals surface area (Å²) in [6, 6.07) is 21.3. The van der Waals surface area contributed by atoms with Gasteiger partial charge in [0.05, 0.1) is 31.4 Å². The van der Waals surface area contributed by atoms with E-state index in [0.717, 1.165) is 28.6 Å². The summed E-state index contributed by atoms with van der Waals surface area (Å²) in [5.41, 5.74) is 3.45. The summed E-state index contributed by atoms with van der Waals surface area (Å²) in [7, 11) is -3.25. The van der Waals surface area contributed by atoms with Crippen molar-refractivity contribution in [3.05, 3.63) is 107 Å². The van der Waals surface area contributed by atoms with Crippen LogP contribution in [0.25, 0.3) is 6.08 Å². The molecule has 2 unspecified atom stereocenters. The Hall–Kier alpha value is -4.43. The Morgan fingerprint density at radius 2 is 1.64 bits per heavy atom. The summed E-state index contributed by atoms with van der Waals surface area (Å²) in [5, 5.41) is 0. The van der Waals surface area contributed by atoms with Crippen molar-refractivity contribution in [2.24, 2.45) is 5.92 Å². The topological polar surface area (TPSA) is 138 Å². The van der Waals surface area contributed by atoms with Crippen LogP contribution in [0.3, 0.4) is 0 Å². The first-order chi connectivity index (χ1) is 26.0. The molecule has 0 saturated carbocycles. The van der Waals surface area contributed by atoms with Gasteiger partial charge >= 0.3 is 11.9 Å². The number of benzene rings is 3. The number of nitrogens with one attached hydrogen (secondary N) is 1. The van der Waals surface area contributed by atoms with Gasteiger partial charge in [-0.25, -0.2) is 17.5 Å². The number of allylic oxidation sites excluding steroid dienone is 1. The van der Waals surface area contributed by atoms with Crippen molar-refractivity contribution >= 4 is 39.6 Å². The maximum atomic E-state index is 13.9. The molecule has 3 aromatic rings. The molecule has 2 fully saturated rings. The average molecular weight is 779 g/mol. The molecule has 13 heteroatoms. The Bertz CT molecular complexity index is 1920. The lowest BCUT2D eigenvalue weighted by Gasteiger charge is -2.48. The van der Waals surface area contributed by atoms with E-state index in [4.69, 9.17) is 18.9 Å². The van der Waals surface area contributed by atoms with Crippen LogP contribution in [0.15, 0.2) is 78.9 Å². The van der Waals surface area contributed by atoms with E-state index in [1.54, 1.807) is 17.0 Å². The molecule has 11 nitrogen and oxygen atoms in total. The predicted molar refractivity (Wildman–Crippen MR) is 207 cm³/mol. The average Bonchev–Trinajstić information content (AvgIpc) is 3.12. The fraction of sp³-hybridized carbons (Fsp3) is 0.452. The molecule has 2 heterocycles. The second-order valence-corrected chi connectivity index (χ2v) is 16.6. The molecule has 2 aliphatic heterocycles. The SMILES string of the molecule is CC(=O)O[C@@H](CCC1C(=O)N(c2ccc(CCCNS(C)(=O)=O)cc2)C1c1ccc(C=CCCC2(OC(C)=O)COC(C)(C)OC2)cc1)c1ccc(F)cc1. The number of aryl methyl sites for hydroxylation is 1. The van der Waals surface area contributed by atoms with Crippen molar-refractivity contribution in [3.63, 3.8) is 0 Å².